The molecule has 0 saturated carbocycles. The molecule has 0 bridgehead atoms. The molecule has 5 nitrogen and oxygen atoms in total. The Kier molecular flexibility index (Phi) is 4.66. The van der Waals surface area contributed by atoms with E-state index in [9.17, 15) is 14.0 Å². The fourth-order valence-electron chi connectivity index (χ4n) is 1.71. The number of anilines is 1. The molecule has 0 spiro atoms. The summed E-state index contributed by atoms with van der Waals surface area (Å²) < 4.78 is 17.8. The lowest BCUT2D eigenvalue weighted by Gasteiger charge is -2.13. The molecule has 2 aromatic rings. The summed E-state index contributed by atoms with van der Waals surface area (Å²) in [4.78, 5) is 24.4. The van der Waals surface area contributed by atoms with Crippen molar-refractivity contribution in [2.45, 2.75) is 6.04 Å². The zero-order valence-electron chi connectivity index (χ0n) is 11.1. The standard InChI is InChI=1S/C14H13FN2O3S/c1-20-14(19)9-7-8(15)4-5-10(9)17-13(18)12(16)11-3-2-6-21-11/h2-7,12H,16H2,1H3,(H,17,18). The Morgan fingerprint density at radius 3 is 2.76 bits per heavy atom. The summed E-state index contributed by atoms with van der Waals surface area (Å²) in [5, 5.41) is 4.32. The molecule has 1 unspecified atom stereocenters. The highest BCUT2D eigenvalue weighted by atomic mass is 32.1. The van der Waals surface area contributed by atoms with Crippen LogP contribution in [0.4, 0.5) is 10.1 Å². The lowest BCUT2D eigenvalue weighted by Crippen LogP contribution is -2.27. The number of esters is 1. The number of nitrogens with one attached hydrogen (secondary N) is 1. The van der Waals surface area contributed by atoms with Crippen LogP contribution in [-0.2, 0) is 9.53 Å². The van der Waals surface area contributed by atoms with E-state index in [4.69, 9.17) is 5.73 Å². The molecule has 0 fully saturated rings. The van der Waals surface area contributed by atoms with E-state index in [0.717, 1.165) is 12.1 Å². The number of nitrogens with two attached hydrogens (primary N) is 1. The molecule has 1 amide bonds. The molecule has 0 aliphatic heterocycles. The predicted molar refractivity (Wildman–Crippen MR) is 77.6 cm³/mol. The van der Waals surface area contributed by atoms with Gasteiger partial charge in [-0.25, -0.2) is 9.18 Å². The minimum absolute atomic E-state index is 0.0655. The summed E-state index contributed by atoms with van der Waals surface area (Å²) in [5.74, 6) is -1.83. The summed E-state index contributed by atoms with van der Waals surface area (Å²) in [7, 11) is 1.18. The van der Waals surface area contributed by atoms with Crippen molar-refractivity contribution in [2.75, 3.05) is 12.4 Å². The highest BCUT2D eigenvalue weighted by molar-refractivity contribution is 7.10. The normalized spacial score (nSPS) is 11.8. The molecule has 1 heterocycles. The van der Waals surface area contributed by atoms with Crippen molar-refractivity contribution in [1.82, 2.24) is 0 Å². The Morgan fingerprint density at radius 2 is 2.14 bits per heavy atom. The van der Waals surface area contributed by atoms with Gasteiger partial charge < -0.3 is 15.8 Å². The third kappa shape index (κ3) is 3.45. The van der Waals surface area contributed by atoms with Gasteiger partial charge in [-0.1, -0.05) is 6.07 Å². The van der Waals surface area contributed by atoms with Crippen molar-refractivity contribution >= 4 is 28.9 Å². The second-order valence-electron chi connectivity index (χ2n) is 4.16. The predicted octanol–water partition coefficient (Wildman–Crippen LogP) is 2.31. The smallest absolute Gasteiger partial charge is 0.340 e. The molecule has 1 aromatic carbocycles. The number of carbonyl (C=O) groups is 2. The monoisotopic (exact) mass is 308 g/mol. The second kappa shape index (κ2) is 6.47. The van der Waals surface area contributed by atoms with Crippen LogP contribution in [0.3, 0.4) is 0 Å². The van der Waals surface area contributed by atoms with Gasteiger partial charge in [0.1, 0.15) is 11.9 Å². The SMILES string of the molecule is COC(=O)c1cc(F)ccc1NC(=O)C(N)c1cccs1. The molecular weight excluding hydrogens is 295 g/mol. The first kappa shape index (κ1) is 15.1. The van der Waals surface area contributed by atoms with Crippen LogP contribution in [0, 0.1) is 5.82 Å². The Labute approximate surface area is 124 Å². The molecule has 7 heteroatoms. The molecule has 1 aromatic heterocycles. The molecule has 0 aliphatic rings. The largest absolute Gasteiger partial charge is 0.465 e. The number of halogens is 1. The van der Waals surface area contributed by atoms with E-state index in [1.807, 2.05) is 0 Å². The fraction of sp³-hybridized carbons (Fsp3) is 0.143. The number of ether oxygens (including phenoxy) is 1. The maximum Gasteiger partial charge on any atom is 0.340 e. The van der Waals surface area contributed by atoms with Crippen molar-refractivity contribution in [3.05, 3.63) is 52.0 Å². The van der Waals surface area contributed by atoms with E-state index in [0.29, 0.717) is 4.88 Å². The molecule has 3 N–H and O–H groups in total. The van der Waals surface area contributed by atoms with Gasteiger partial charge in [-0.15, -0.1) is 11.3 Å². The summed E-state index contributed by atoms with van der Waals surface area (Å²) in [5.41, 5.74) is 5.91. The second-order valence-corrected chi connectivity index (χ2v) is 5.14. The van der Waals surface area contributed by atoms with Gasteiger partial charge >= 0.3 is 5.97 Å². The van der Waals surface area contributed by atoms with Crippen molar-refractivity contribution in [3.63, 3.8) is 0 Å². The van der Waals surface area contributed by atoms with E-state index in [-0.39, 0.29) is 11.3 Å². The van der Waals surface area contributed by atoms with Crippen LogP contribution in [0.1, 0.15) is 21.3 Å². The Balaban J connectivity index is 2.23. The molecule has 1 atom stereocenters. The maximum atomic E-state index is 13.2. The summed E-state index contributed by atoms with van der Waals surface area (Å²) in [6, 6.07) is 6.09. The van der Waals surface area contributed by atoms with Gasteiger partial charge in [0.2, 0.25) is 5.91 Å². The number of methoxy groups -OCH3 is 1. The number of rotatable bonds is 4. The molecule has 0 aliphatic carbocycles. The average Bonchev–Trinajstić information content (AvgIpc) is 3.01. The van der Waals surface area contributed by atoms with Gasteiger partial charge in [0, 0.05) is 4.88 Å². The van der Waals surface area contributed by atoms with Crippen LogP contribution in [0.5, 0.6) is 0 Å². The van der Waals surface area contributed by atoms with E-state index < -0.39 is 23.7 Å². The zero-order valence-corrected chi connectivity index (χ0v) is 11.9. The van der Waals surface area contributed by atoms with Gasteiger partial charge in [0.25, 0.3) is 0 Å². The number of hydrogen-bond acceptors (Lipinski definition) is 5. The third-order valence-electron chi connectivity index (χ3n) is 2.78. The van der Waals surface area contributed by atoms with Crippen LogP contribution >= 0.6 is 11.3 Å². The third-order valence-corrected chi connectivity index (χ3v) is 3.73. The summed E-state index contributed by atoms with van der Waals surface area (Å²) >= 11 is 1.35. The van der Waals surface area contributed by atoms with Crippen LogP contribution in [-0.4, -0.2) is 19.0 Å². The molecule has 2 rings (SSSR count). The number of amides is 1. The minimum Gasteiger partial charge on any atom is -0.465 e. The number of thiophene rings is 1. The van der Waals surface area contributed by atoms with Crippen LogP contribution in [0.2, 0.25) is 0 Å². The molecular formula is C14H13FN2O3S. The lowest BCUT2D eigenvalue weighted by molar-refractivity contribution is -0.117. The first-order valence-electron chi connectivity index (χ1n) is 6.00. The number of hydrogen-bond donors (Lipinski definition) is 2. The van der Waals surface area contributed by atoms with Gasteiger partial charge in [-0.3, -0.25) is 4.79 Å². The van der Waals surface area contributed by atoms with Crippen molar-refractivity contribution in [3.8, 4) is 0 Å². The van der Waals surface area contributed by atoms with E-state index in [1.54, 1.807) is 17.5 Å². The lowest BCUT2D eigenvalue weighted by atomic mass is 10.1. The van der Waals surface area contributed by atoms with Gasteiger partial charge in [-0.05, 0) is 29.6 Å². The summed E-state index contributed by atoms with van der Waals surface area (Å²) in [6.45, 7) is 0. The van der Waals surface area contributed by atoms with Gasteiger partial charge in [0.15, 0.2) is 0 Å². The molecule has 110 valence electrons. The minimum atomic E-state index is -0.861. The Hall–Kier alpha value is -2.25. The van der Waals surface area contributed by atoms with Crippen LogP contribution in [0.15, 0.2) is 35.7 Å². The van der Waals surface area contributed by atoms with Crippen LogP contribution in [0.25, 0.3) is 0 Å². The average molecular weight is 308 g/mol. The molecule has 21 heavy (non-hydrogen) atoms. The first-order chi connectivity index (χ1) is 10.0. The van der Waals surface area contributed by atoms with E-state index in [2.05, 4.69) is 10.1 Å². The topological polar surface area (TPSA) is 81.4 Å². The van der Waals surface area contributed by atoms with Crippen molar-refractivity contribution < 1.29 is 18.7 Å². The first-order valence-corrected chi connectivity index (χ1v) is 6.88. The fourth-order valence-corrected chi connectivity index (χ4v) is 2.44. The highest BCUT2D eigenvalue weighted by Gasteiger charge is 2.20. The van der Waals surface area contributed by atoms with Gasteiger partial charge in [0.05, 0.1) is 18.4 Å². The van der Waals surface area contributed by atoms with Crippen LogP contribution < -0.4 is 11.1 Å². The van der Waals surface area contributed by atoms with E-state index >= 15 is 0 Å². The number of benzene rings is 1. The molecule has 0 saturated heterocycles. The zero-order chi connectivity index (χ0) is 15.4. The van der Waals surface area contributed by atoms with Crippen molar-refractivity contribution in [2.24, 2.45) is 5.73 Å². The Morgan fingerprint density at radius 1 is 1.38 bits per heavy atom. The quantitative estimate of drug-likeness (QED) is 0.849. The summed E-state index contributed by atoms with van der Waals surface area (Å²) in [6.07, 6.45) is 0. The highest BCUT2D eigenvalue weighted by Crippen LogP contribution is 2.22. The maximum absolute atomic E-state index is 13.2. The van der Waals surface area contributed by atoms with E-state index in [1.165, 1.54) is 24.5 Å². The van der Waals surface area contributed by atoms with Crippen molar-refractivity contribution in [1.29, 1.82) is 0 Å². The molecule has 0 radical (unpaired) electrons. The van der Waals surface area contributed by atoms with Gasteiger partial charge in [-0.2, -0.15) is 0 Å². The Bertz CT molecular complexity index is 658. The number of carbonyl (C=O) groups excluding carboxylic acids is 2.